The van der Waals surface area contributed by atoms with Crippen LogP contribution in [0.25, 0.3) is 11.0 Å². The number of thioether (sulfide) groups is 1. The molecule has 0 bridgehead atoms. The van der Waals surface area contributed by atoms with Crippen molar-refractivity contribution < 1.29 is 9.21 Å². The Kier molecular flexibility index (Phi) is 5.63. The first-order valence-electron chi connectivity index (χ1n) is 8.94. The summed E-state index contributed by atoms with van der Waals surface area (Å²) in [5, 5.41) is 13.1. The SMILES string of the molecule is Cc1ccc2c(C)c(C(=O)Nc3nnc(SCc4ccc(Cl)cc4)s3)oc2c1C. The zero-order chi connectivity index (χ0) is 20.5. The maximum Gasteiger partial charge on any atom is 0.293 e. The number of carbonyl (C=O) groups is 1. The van der Waals surface area contributed by atoms with Gasteiger partial charge < -0.3 is 4.42 Å². The van der Waals surface area contributed by atoms with Gasteiger partial charge in [-0.1, -0.05) is 59.0 Å². The summed E-state index contributed by atoms with van der Waals surface area (Å²) in [6, 6.07) is 11.7. The number of nitrogens with zero attached hydrogens (tertiary/aromatic N) is 2. The van der Waals surface area contributed by atoms with Crippen LogP contribution in [0.4, 0.5) is 5.13 Å². The molecule has 4 rings (SSSR count). The number of benzene rings is 2. The summed E-state index contributed by atoms with van der Waals surface area (Å²) in [6.07, 6.45) is 0. The van der Waals surface area contributed by atoms with Crippen molar-refractivity contribution in [3.63, 3.8) is 0 Å². The van der Waals surface area contributed by atoms with E-state index >= 15 is 0 Å². The van der Waals surface area contributed by atoms with Crippen molar-refractivity contribution in [2.24, 2.45) is 0 Å². The van der Waals surface area contributed by atoms with Crippen molar-refractivity contribution in [1.29, 1.82) is 0 Å². The van der Waals surface area contributed by atoms with E-state index in [0.29, 0.717) is 15.9 Å². The average Bonchev–Trinajstić information content (AvgIpc) is 3.29. The lowest BCUT2D eigenvalue weighted by Gasteiger charge is -1.99. The second-order valence-electron chi connectivity index (χ2n) is 6.68. The fourth-order valence-electron chi connectivity index (χ4n) is 2.93. The molecule has 0 unspecified atom stereocenters. The van der Waals surface area contributed by atoms with Crippen LogP contribution in [-0.2, 0) is 5.75 Å². The van der Waals surface area contributed by atoms with Crippen molar-refractivity contribution in [2.45, 2.75) is 30.9 Å². The van der Waals surface area contributed by atoms with Crippen LogP contribution in [0.15, 0.2) is 45.2 Å². The number of fused-ring (bicyclic) bond motifs is 1. The molecule has 1 N–H and O–H groups in total. The number of hydrogen-bond acceptors (Lipinski definition) is 6. The van der Waals surface area contributed by atoms with E-state index in [-0.39, 0.29) is 5.91 Å². The van der Waals surface area contributed by atoms with E-state index in [9.17, 15) is 4.79 Å². The van der Waals surface area contributed by atoms with Crippen LogP contribution in [0, 0.1) is 20.8 Å². The fourth-order valence-corrected chi connectivity index (χ4v) is 4.76. The minimum atomic E-state index is -0.318. The lowest BCUT2D eigenvalue weighted by atomic mass is 10.0. The summed E-state index contributed by atoms with van der Waals surface area (Å²) in [5.74, 6) is 0.738. The highest BCUT2D eigenvalue weighted by atomic mass is 35.5. The molecule has 4 aromatic rings. The molecule has 1 amide bonds. The van der Waals surface area contributed by atoms with Crippen molar-refractivity contribution in [3.05, 3.63) is 69.4 Å². The molecule has 148 valence electrons. The number of halogens is 1. The number of anilines is 1. The van der Waals surface area contributed by atoms with Crippen LogP contribution in [0.5, 0.6) is 0 Å². The molecule has 2 aromatic heterocycles. The lowest BCUT2D eigenvalue weighted by Crippen LogP contribution is -2.11. The van der Waals surface area contributed by atoms with E-state index in [0.717, 1.165) is 43.3 Å². The second-order valence-corrected chi connectivity index (χ2v) is 9.32. The van der Waals surface area contributed by atoms with E-state index < -0.39 is 0 Å². The van der Waals surface area contributed by atoms with E-state index in [1.54, 1.807) is 11.8 Å². The van der Waals surface area contributed by atoms with Gasteiger partial charge in [-0.25, -0.2) is 0 Å². The predicted molar refractivity (Wildman–Crippen MR) is 119 cm³/mol. The highest BCUT2D eigenvalue weighted by Gasteiger charge is 2.20. The smallest absolute Gasteiger partial charge is 0.293 e. The molecule has 0 radical (unpaired) electrons. The third-order valence-corrected chi connectivity index (χ3v) is 7.03. The van der Waals surface area contributed by atoms with E-state index in [1.165, 1.54) is 11.3 Å². The number of aryl methyl sites for hydroxylation is 3. The second kappa shape index (κ2) is 8.18. The van der Waals surface area contributed by atoms with Crippen LogP contribution in [0.3, 0.4) is 0 Å². The van der Waals surface area contributed by atoms with Gasteiger partial charge in [-0.05, 0) is 49.6 Å². The lowest BCUT2D eigenvalue weighted by molar-refractivity contribution is 0.0998. The van der Waals surface area contributed by atoms with Gasteiger partial charge in [-0.15, -0.1) is 10.2 Å². The standard InChI is InChI=1S/C21H18ClN3O2S2/c1-11-4-9-16-13(3)18(27-17(16)12(11)2)19(26)23-20-24-25-21(29-20)28-10-14-5-7-15(22)8-6-14/h4-9H,10H2,1-3H3,(H,23,24,26). The van der Waals surface area contributed by atoms with Gasteiger partial charge in [0.05, 0.1) is 0 Å². The van der Waals surface area contributed by atoms with Gasteiger partial charge in [0.15, 0.2) is 10.1 Å². The Hall–Kier alpha value is -2.35. The Bertz CT molecular complexity index is 1200. The number of furan rings is 1. The van der Waals surface area contributed by atoms with Gasteiger partial charge in [0, 0.05) is 21.7 Å². The minimum Gasteiger partial charge on any atom is -0.450 e. The Balaban J connectivity index is 1.46. The number of nitrogens with one attached hydrogen (secondary N) is 1. The Morgan fingerprint density at radius 3 is 2.62 bits per heavy atom. The summed E-state index contributed by atoms with van der Waals surface area (Å²) in [5.41, 5.74) is 4.89. The molecule has 2 heterocycles. The van der Waals surface area contributed by atoms with Gasteiger partial charge in [0.25, 0.3) is 5.91 Å². The first-order valence-corrected chi connectivity index (χ1v) is 11.1. The van der Waals surface area contributed by atoms with E-state index in [2.05, 4.69) is 15.5 Å². The Morgan fingerprint density at radius 1 is 1.10 bits per heavy atom. The highest BCUT2D eigenvalue weighted by molar-refractivity contribution is 8.00. The molecule has 0 saturated carbocycles. The Labute approximate surface area is 181 Å². The topological polar surface area (TPSA) is 68.0 Å². The molecule has 0 spiro atoms. The zero-order valence-corrected chi connectivity index (χ0v) is 18.5. The van der Waals surface area contributed by atoms with Gasteiger partial charge >= 0.3 is 0 Å². The number of hydrogen-bond donors (Lipinski definition) is 1. The Morgan fingerprint density at radius 2 is 1.86 bits per heavy atom. The van der Waals surface area contributed by atoms with E-state index in [4.69, 9.17) is 16.0 Å². The first-order chi connectivity index (χ1) is 13.9. The van der Waals surface area contributed by atoms with Crippen molar-refractivity contribution in [1.82, 2.24) is 10.2 Å². The van der Waals surface area contributed by atoms with E-state index in [1.807, 2.05) is 57.2 Å². The number of carbonyl (C=O) groups excluding carboxylic acids is 1. The van der Waals surface area contributed by atoms with Crippen LogP contribution in [-0.4, -0.2) is 16.1 Å². The molecule has 29 heavy (non-hydrogen) atoms. The highest BCUT2D eigenvalue weighted by Crippen LogP contribution is 2.32. The summed E-state index contributed by atoms with van der Waals surface area (Å²) in [4.78, 5) is 12.7. The molecular weight excluding hydrogens is 426 g/mol. The van der Waals surface area contributed by atoms with Crippen molar-refractivity contribution >= 4 is 56.7 Å². The predicted octanol–water partition coefficient (Wildman–Crippen LogP) is 6.41. The summed E-state index contributed by atoms with van der Waals surface area (Å²) in [6.45, 7) is 5.91. The number of amides is 1. The molecule has 0 atom stereocenters. The summed E-state index contributed by atoms with van der Waals surface area (Å²) in [7, 11) is 0. The van der Waals surface area contributed by atoms with Gasteiger partial charge in [0.2, 0.25) is 5.13 Å². The largest absolute Gasteiger partial charge is 0.450 e. The number of rotatable bonds is 5. The monoisotopic (exact) mass is 443 g/mol. The average molecular weight is 444 g/mol. The molecule has 8 heteroatoms. The molecule has 5 nitrogen and oxygen atoms in total. The maximum atomic E-state index is 12.7. The third kappa shape index (κ3) is 4.17. The number of aromatic nitrogens is 2. The minimum absolute atomic E-state index is 0.305. The summed E-state index contributed by atoms with van der Waals surface area (Å²) >= 11 is 8.81. The van der Waals surface area contributed by atoms with Crippen LogP contribution in [0.1, 0.15) is 32.8 Å². The molecular formula is C21H18ClN3O2S2. The third-order valence-electron chi connectivity index (χ3n) is 4.73. The van der Waals surface area contributed by atoms with Gasteiger partial charge in [-0.3, -0.25) is 10.1 Å². The van der Waals surface area contributed by atoms with Gasteiger partial charge in [-0.2, -0.15) is 0 Å². The van der Waals surface area contributed by atoms with Crippen LogP contribution < -0.4 is 5.32 Å². The van der Waals surface area contributed by atoms with Crippen molar-refractivity contribution in [3.8, 4) is 0 Å². The van der Waals surface area contributed by atoms with Gasteiger partial charge in [0.1, 0.15) is 5.58 Å². The fraction of sp³-hybridized carbons (Fsp3) is 0.190. The quantitative estimate of drug-likeness (QED) is 0.285. The molecule has 0 aliphatic rings. The van der Waals surface area contributed by atoms with Crippen LogP contribution in [0.2, 0.25) is 5.02 Å². The molecule has 0 aliphatic carbocycles. The van der Waals surface area contributed by atoms with Crippen molar-refractivity contribution in [2.75, 3.05) is 5.32 Å². The molecule has 2 aromatic carbocycles. The molecule has 0 fully saturated rings. The van der Waals surface area contributed by atoms with Crippen LogP contribution >= 0.6 is 34.7 Å². The normalized spacial score (nSPS) is 11.2. The molecule has 0 saturated heterocycles. The maximum absolute atomic E-state index is 12.7. The zero-order valence-electron chi connectivity index (χ0n) is 16.1. The summed E-state index contributed by atoms with van der Waals surface area (Å²) < 4.78 is 6.68. The first kappa shape index (κ1) is 19.9. The molecule has 0 aliphatic heterocycles.